The van der Waals surface area contributed by atoms with Crippen molar-refractivity contribution in [3.05, 3.63) is 17.0 Å². The first-order valence-electron chi connectivity index (χ1n) is 6.39. The molecule has 0 radical (unpaired) electrons. The number of amides is 1. The zero-order chi connectivity index (χ0) is 15.6. The highest BCUT2D eigenvalue weighted by atomic mass is 35.5. The minimum atomic E-state index is -4.81. The Hall–Kier alpha value is -1.57. The van der Waals surface area contributed by atoms with Gasteiger partial charge in [-0.15, -0.1) is 0 Å². The smallest absolute Gasteiger partial charge is 0.367 e. The van der Waals surface area contributed by atoms with Crippen LogP contribution in [0.1, 0.15) is 18.5 Å². The molecule has 5 nitrogen and oxygen atoms in total. The van der Waals surface area contributed by atoms with Gasteiger partial charge in [-0.3, -0.25) is 4.79 Å². The predicted octanol–water partition coefficient (Wildman–Crippen LogP) is 2.40. The van der Waals surface area contributed by atoms with E-state index in [9.17, 15) is 18.0 Å². The van der Waals surface area contributed by atoms with Crippen molar-refractivity contribution in [2.45, 2.75) is 32.0 Å². The Morgan fingerprint density at radius 1 is 1.38 bits per heavy atom. The van der Waals surface area contributed by atoms with E-state index in [1.807, 2.05) is 0 Å². The number of aryl methyl sites for hydroxylation is 1. The number of anilines is 1. The predicted molar refractivity (Wildman–Crippen MR) is 71.1 cm³/mol. The van der Waals surface area contributed by atoms with Crippen LogP contribution >= 0.6 is 11.6 Å². The van der Waals surface area contributed by atoms with Crippen LogP contribution in [0.15, 0.2) is 6.07 Å². The van der Waals surface area contributed by atoms with E-state index >= 15 is 0 Å². The fourth-order valence-electron chi connectivity index (χ4n) is 2.22. The standard InChI is InChI=1S/C12H14ClF3N4O/c1-7-6-9(19-11(13)17-7)18-8-2-4-20(5-3-8)10(21)12(14,15)16/h6,8H,2-5H2,1H3,(H,17,18,19). The lowest BCUT2D eigenvalue weighted by molar-refractivity contribution is -0.186. The summed E-state index contributed by atoms with van der Waals surface area (Å²) in [5.41, 5.74) is 0.696. The summed E-state index contributed by atoms with van der Waals surface area (Å²) >= 11 is 5.74. The maximum atomic E-state index is 12.3. The average Bonchev–Trinajstić information content (AvgIpc) is 2.36. The average molecular weight is 323 g/mol. The van der Waals surface area contributed by atoms with Crippen LogP contribution in [-0.2, 0) is 4.79 Å². The zero-order valence-corrected chi connectivity index (χ0v) is 12.0. The van der Waals surface area contributed by atoms with Gasteiger partial charge in [-0.1, -0.05) is 0 Å². The SMILES string of the molecule is Cc1cc(NC2CCN(C(=O)C(F)(F)F)CC2)nc(Cl)n1. The first kappa shape index (κ1) is 15.8. The van der Waals surface area contributed by atoms with Gasteiger partial charge in [0.15, 0.2) is 0 Å². The van der Waals surface area contributed by atoms with Gasteiger partial charge in [0.1, 0.15) is 5.82 Å². The molecule has 0 unspecified atom stereocenters. The number of piperidine rings is 1. The molecule has 1 aliphatic heterocycles. The van der Waals surface area contributed by atoms with Crippen molar-refractivity contribution in [2.24, 2.45) is 0 Å². The first-order chi connectivity index (χ1) is 9.75. The normalized spacial score (nSPS) is 16.9. The van der Waals surface area contributed by atoms with Gasteiger partial charge in [0, 0.05) is 30.9 Å². The van der Waals surface area contributed by atoms with Gasteiger partial charge >= 0.3 is 12.1 Å². The zero-order valence-electron chi connectivity index (χ0n) is 11.2. The van der Waals surface area contributed by atoms with Crippen LogP contribution in [0.4, 0.5) is 19.0 Å². The minimum absolute atomic E-state index is 0.0485. The second-order valence-electron chi connectivity index (χ2n) is 4.87. The largest absolute Gasteiger partial charge is 0.471 e. The Bertz CT molecular complexity index is 509. The number of carbonyl (C=O) groups is 1. The number of likely N-dealkylation sites (tertiary alicyclic amines) is 1. The highest BCUT2D eigenvalue weighted by Crippen LogP contribution is 2.23. The molecule has 0 atom stereocenters. The number of carbonyl (C=O) groups excluding carboxylic acids is 1. The summed E-state index contributed by atoms with van der Waals surface area (Å²) in [5, 5.41) is 3.22. The van der Waals surface area contributed by atoms with Crippen molar-refractivity contribution in [3.63, 3.8) is 0 Å². The molecule has 0 spiro atoms. The Labute approximate surface area is 124 Å². The summed E-state index contributed by atoms with van der Waals surface area (Å²) in [6.07, 6.45) is -3.97. The number of halogens is 4. The highest BCUT2D eigenvalue weighted by molar-refractivity contribution is 6.28. The molecule has 9 heteroatoms. The van der Waals surface area contributed by atoms with Gasteiger partial charge in [0.05, 0.1) is 0 Å². The van der Waals surface area contributed by atoms with E-state index in [-0.39, 0.29) is 24.4 Å². The lowest BCUT2D eigenvalue weighted by Gasteiger charge is -2.32. The van der Waals surface area contributed by atoms with Crippen molar-refractivity contribution >= 4 is 23.3 Å². The fraction of sp³-hybridized carbons (Fsp3) is 0.583. The lowest BCUT2D eigenvalue weighted by atomic mass is 10.0. The molecule has 21 heavy (non-hydrogen) atoms. The van der Waals surface area contributed by atoms with Crippen LogP contribution in [0.25, 0.3) is 0 Å². The van der Waals surface area contributed by atoms with Crippen molar-refractivity contribution in [1.82, 2.24) is 14.9 Å². The van der Waals surface area contributed by atoms with Crippen LogP contribution in [-0.4, -0.2) is 46.1 Å². The number of alkyl halides is 3. The molecule has 0 saturated carbocycles. The Morgan fingerprint density at radius 2 is 2.00 bits per heavy atom. The molecule has 1 amide bonds. The summed E-state index contributed by atoms with van der Waals surface area (Å²) in [6.45, 7) is 1.89. The van der Waals surface area contributed by atoms with Crippen LogP contribution in [0, 0.1) is 6.92 Å². The van der Waals surface area contributed by atoms with Gasteiger partial charge < -0.3 is 10.2 Å². The maximum Gasteiger partial charge on any atom is 0.471 e. The Morgan fingerprint density at radius 3 is 2.52 bits per heavy atom. The second kappa shape index (κ2) is 6.05. The van der Waals surface area contributed by atoms with Crippen LogP contribution < -0.4 is 5.32 Å². The topological polar surface area (TPSA) is 58.1 Å². The molecule has 0 aliphatic carbocycles. The second-order valence-corrected chi connectivity index (χ2v) is 5.21. The Kier molecular flexibility index (Phi) is 4.55. The van der Waals surface area contributed by atoms with E-state index in [1.165, 1.54) is 0 Å². The third kappa shape index (κ3) is 4.20. The van der Waals surface area contributed by atoms with Gasteiger partial charge in [-0.25, -0.2) is 9.97 Å². The third-order valence-corrected chi connectivity index (χ3v) is 3.37. The van der Waals surface area contributed by atoms with Gasteiger partial charge in [-0.05, 0) is 31.4 Å². The van der Waals surface area contributed by atoms with Crippen molar-refractivity contribution in [2.75, 3.05) is 18.4 Å². The maximum absolute atomic E-state index is 12.3. The van der Waals surface area contributed by atoms with Crippen molar-refractivity contribution in [1.29, 1.82) is 0 Å². The molecule has 116 valence electrons. The van der Waals surface area contributed by atoms with E-state index in [2.05, 4.69) is 15.3 Å². The third-order valence-electron chi connectivity index (χ3n) is 3.20. The van der Waals surface area contributed by atoms with E-state index in [0.29, 0.717) is 24.4 Å². The summed E-state index contributed by atoms with van der Waals surface area (Å²) in [7, 11) is 0. The van der Waals surface area contributed by atoms with Crippen molar-refractivity contribution < 1.29 is 18.0 Å². The van der Waals surface area contributed by atoms with Gasteiger partial charge in [0.25, 0.3) is 0 Å². The summed E-state index contributed by atoms with van der Waals surface area (Å²) in [4.78, 5) is 19.9. The number of hydrogen-bond acceptors (Lipinski definition) is 4. The monoisotopic (exact) mass is 322 g/mol. The van der Waals surface area contributed by atoms with E-state index in [1.54, 1.807) is 13.0 Å². The van der Waals surface area contributed by atoms with E-state index < -0.39 is 12.1 Å². The molecule has 1 fully saturated rings. The van der Waals surface area contributed by atoms with Crippen LogP contribution in [0.3, 0.4) is 0 Å². The minimum Gasteiger partial charge on any atom is -0.367 e. The lowest BCUT2D eigenvalue weighted by Crippen LogP contribution is -2.47. The molecule has 1 saturated heterocycles. The molecular formula is C12H14ClF3N4O. The molecular weight excluding hydrogens is 309 g/mol. The van der Waals surface area contributed by atoms with Crippen LogP contribution in [0.2, 0.25) is 5.28 Å². The molecule has 1 aromatic rings. The van der Waals surface area contributed by atoms with E-state index in [0.717, 1.165) is 4.90 Å². The molecule has 0 bridgehead atoms. The fourth-order valence-corrected chi connectivity index (χ4v) is 2.45. The number of aromatic nitrogens is 2. The van der Waals surface area contributed by atoms with Gasteiger partial charge in [-0.2, -0.15) is 13.2 Å². The molecule has 0 aromatic carbocycles. The number of rotatable bonds is 2. The molecule has 1 N–H and O–H groups in total. The van der Waals surface area contributed by atoms with Gasteiger partial charge in [0.2, 0.25) is 5.28 Å². The first-order valence-corrected chi connectivity index (χ1v) is 6.77. The van der Waals surface area contributed by atoms with Crippen LogP contribution in [0.5, 0.6) is 0 Å². The highest BCUT2D eigenvalue weighted by Gasteiger charge is 2.43. The number of hydrogen-bond donors (Lipinski definition) is 1. The molecule has 1 aliphatic rings. The molecule has 2 heterocycles. The summed E-state index contributed by atoms with van der Waals surface area (Å²) in [5.74, 6) is -1.24. The Balaban J connectivity index is 1.91. The number of nitrogens with one attached hydrogen (secondary N) is 1. The summed E-state index contributed by atoms with van der Waals surface area (Å²) < 4.78 is 37.0. The quantitative estimate of drug-likeness (QED) is 0.850. The number of nitrogens with zero attached hydrogens (tertiary/aromatic N) is 3. The molecule has 2 rings (SSSR count). The summed E-state index contributed by atoms with van der Waals surface area (Å²) in [6, 6.07) is 1.66. The molecule has 1 aromatic heterocycles. The van der Waals surface area contributed by atoms with E-state index in [4.69, 9.17) is 11.6 Å². The van der Waals surface area contributed by atoms with Crippen molar-refractivity contribution in [3.8, 4) is 0 Å².